The maximum Gasteiger partial charge on any atom is 0.302 e. The van der Waals surface area contributed by atoms with Crippen LogP contribution in [0.25, 0.3) is 0 Å². The van der Waals surface area contributed by atoms with Crippen molar-refractivity contribution in [2.75, 3.05) is 44.2 Å². The highest BCUT2D eigenvalue weighted by Crippen LogP contribution is 2.28. The number of carbonyl (C=O) groups excluding carboxylic acids is 1. The van der Waals surface area contributed by atoms with Gasteiger partial charge in [0, 0.05) is 39.6 Å². The van der Waals surface area contributed by atoms with Crippen LogP contribution in [0.15, 0.2) is 12.1 Å². The van der Waals surface area contributed by atoms with E-state index in [0.717, 1.165) is 12.1 Å². The fourth-order valence-corrected chi connectivity index (χ4v) is 2.47. The molecule has 0 aromatic heterocycles. The summed E-state index contributed by atoms with van der Waals surface area (Å²) < 4.78 is 32.8. The first kappa shape index (κ1) is 17.1. The van der Waals surface area contributed by atoms with Crippen LogP contribution < -0.4 is 4.90 Å². The van der Waals surface area contributed by atoms with E-state index in [2.05, 4.69) is 0 Å². The van der Waals surface area contributed by atoms with E-state index in [-0.39, 0.29) is 18.3 Å². The molecule has 1 aromatic carbocycles. The van der Waals surface area contributed by atoms with E-state index in [4.69, 9.17) is 4.74 Å². The largest absolute Gasteiger partial charge is 0.465 e. The summed E-state index contributed by atoms with van der Waals surface area (Å²) in [6, 6.07) is 1.46. The molecule has 0 saturated carbocycles. The zero-order valence-corrected chi connectivity index (χ0v) is 12.6. The second-order valence-electron chi connectivity index (χ2n) is 5.18. The van der Waals surface area contributed by atoms with Crippen LogP contribution in [0.2, 0.25) is 0 Å². The number of esters is 1. The molecule has 0 unspecified atom stereocenters. The van der Waals surface area contributed by atoms with Gasteiger partial charge in [0.2, 0.25) is 0 Å². The first-order valence-corrected chi connectivity index (χ1v) is 7.12. The van der Waals surface area contributed by atoms with Gasteiger partial charge >= 0.3 is 5.97 Å². The van der Waals surface area contributed by atoms with Gasteiger partial charge in [0.1, 0.15) is 12.3 Å². The van der Waals surface area contributed by atoms with Crippen LogP contribution in [0.3, 0.4) is 0 Å². The number of piperazine rings is 1. The first-order chi connectivity index (χ1) is 10.9. The lowest BCUT2D eigenvalue weighted by molar-refractivity contribution is -0.385. The minimum Gasteiger partial charge on any atom is -0.465 e. The average Bonchev–Trinajstić information content (AvgIpc) is 2.47. The molecule has 1 saturated heterocycles. The van der Waals surface area contributed by atoms with Gasteiger partial charge in [-0.2, -0.15) is 0 Å². The van der Waals surface area contributed by atoms with Gasteiger partial charge in [0.25, 0.3) is 5.69 Å². The molecule has 1 aliphatic rings. The Morgan fingerprint density at radius 1 is 1.26 bits per heavy atom. The maximum atomic E-state index is 14.0. The van der Waals surface area contributed by atoms with Gasteiger partial charge < -0.3 is 9.64 Å². The molecule has 0 bridgehead atoms. The van der Waals surface area contributed by atoms with Crippen LogP contribution in [0.5, 0.6) is 0 Å². The summed E-state index contributed by atoms with van der Waals surface area (Å²) in [7, 11) is 0. The smallest absolute Gasteiger partial charge is 0.302 e. The van der Waals surface area contributed by atoms with Gasteiger partial charge in [-0.05, 0) is 0 Å². The Labute approximate surface area is 131 Å². The minimum atomic E-state index is -0.940. The Hall–Kier alpha value is -2.29. The third-order valence-electron chi connectivity index (χ3n) is 3.61. The molecule has 1 heterocycles. The molecule has 0 atom stereocenters. The molecule has 1 aliphatic heterocycles. The second-order valence-corrected chi connectivity index (χ2v) is 5.18. The molecule has 23 heavy (non-hydrogen) atoms. The Kier molecular flexibility index (Phi) is 5.43. The van der Waals surface area contributed by atoms with Crippen LogP contribution in [0, 0.1) is 21.7 Å². The number of hydrogen-bond acceptors (Lipinski definition) is 6. The monoisotopic (exact) mass is 329 g/mol. The minimum absolute atomic E-state index is 0.241. The first-order valence-electron chi connectivity index (χ1n) is 7.12. The fraction of sp³-hybridized carbons (Fsp3) is 0.500. The van der Waals surface area contributed by atoms with Crippen molar-refractivity contribution in [2.24, 2.45) is 0 Å². The molecule has 126 valence electrons. The van der Waals surface area contributed by atoms with Crippen LogP contribution in [0.1, 0.15) is 6.92 Å². The van der Waals surface area contributed by atoms with Crippen molar-refractivity contribution in [1.82, 2.24) is 4.90 Å². The number of anilines is 1. The lowest BCUT2D eigenvalue weighted by Crippen LogP contribution is -2.48. The quantitative estimate of drug-likeness (QED) is 0.463. The number of hydrogen-bond donors (Lipinski definition) is 0. The van der Waals surface area contributed by atoms with Gasteiger partial charge in [-0.3, -0.25) is 19.8 Å². The van der Waals surface area contributed by atoms with Crippen molar-refractivity contribution < 1.29 is 23.2 Å². The van der Waals surface area contributed by atoms with Crippen molar-refractivity contribution in [3.8, 4) is 0 Å². The number of nitro groups is 1. The van der Waals surface area contributed by atoms with Crippen molar-refractivity contribution >= 4 is 17.3 Å². The number of rotatable bonds is 5. The lowest BCUT2D eigenvalue weighted by Gasteiger charge is -2.36. The molecule has 0 N–H and O–H groups in total. The zero-order valence-electron chi connectivity index (χ0n) is 12.6. The van der Waals surface area contributed by atoms with Gasteiger partial charge in [0.15, 0.2) is 11.6 Å². The van der Waals surface area contributed by atoms with Gasteiger partial charge in [-0.1, -0.05) is 0 Å². The van der Waals surface area contributed by atoms with Crippen molar-refractivity contribution in [1.29, 1.82) is 0 Å². The molecule has 9 heteroatoms. The van der Waals surface area contributed by atoms with Crippen molar-refractivity contribution in [3.63, 3.8) is 0 Å². The SMILES string of the molecule is CC(=O)OCCN1CCN(c2c(F)cc([N+](=O)[O-])cc2F)CC1. The van der Waals surface area contributed by atoms with Crippen molar-refractivity contribution in [2.45, 2.75) is 6.92 Å². The molecule has 7 nitrogen and oxygen atoms in total. The molecule has 0 amide bonds. The number of nitro benzene ring substituents is 1. The summed E-state index contributed by atoms with van der Waals surface area (Å²) in [6.45, 7) is 4.03. The van der Waals surface area contributed by atoms with Gasteiger partial charge in [-0.15, -0.1) is 0 Å². The molecule has 2 rings (SSSR count). The second kappa shape index (κ2) is 7.32. The topological polar surface area (TPSA) is 75.9 Å². The van der Waals surface area contributed by atoms with Crippen LogP contribution in [0.4, 0.5) is 20.2 Å². The predicted molar refractivity (Wildman–Crippen MR) is 78.3 cm³/mol. The van der Waals surface area contributed by atoms with Crippen LogP contribution >= 0.6 is 0 Å². The molecule has 0 radical (unpaired) electrons. The summed E-state index contributed by atoms with van der Waals surface area (Å²) in [5.41, 5.74) is -0.848. The Balaban J connectivity index is 1.97. The van der Waals surface area contributed by atoms with E-state index in [0.29, 0.717) is 32.7 Å². The van der Waals surface area contributed by atoms with E-state index in [9.17, 15) is 23.7 Å². The van der Waals surface area contributed by atoms with E-state index >= 15 is 0 Å². The molecule has 1 fully saturated rings. The Bertz CT molecular complexity index is 581. The summed E-state index contributed by atoms with van der Waals surface area (Å²) >= 11 is 0. The van der Waals surface area contributed by atoms with E-state index in [1.165, 1.54) is 11.8 Å². The third-order valence-corrected chi connectivity index (χ3v) is 3.61. The van der Waals surface area contributed by atoms with Crippen LogP contribution in [-0.2, 0) is 9.53 Å². The van der Waals surface area contributed by atoms with Crippen molar-refractivity contribution in [3.05, 3.63) is 33.9 Å². The molecule has 1 aromatic rings. The van der Waals surface area contributed by atoms with E-state index < -0.39 is 22.2 Å². The molecule has 0 aliphatic carbocycles. The Morgan fingerprint density at radius 3 is 2.30 bits per heavy atom. The molecular formula is C14H17F2N3O4. The number of carbonyl (C=O) groups is 1. The highest BCUT2D eigenvalue weighted by atomic mass is 19.1. The van der Waals surface area contributed by atoms with Gasteiger partial charge in [0.05, 0.1) is 17.1 Å². The van der Waals surface area contributed by atoms with E-state index in [1.54, 1.807) is 0 Å². The molecule has 0 spiro atoms. The number of nitrogens with zero attached hydrogens (tertiary/aromatic N) is 3. The highest BCUT2D eigenvalue weighted by molar-refractivity contribution is 5.65. The summed E-state index contributed by atoms with van der Waals surface area (Å²) in [5, 5.41) is 10.6. The lowest BCUT2D eigenvalue weighted by atomic mass is 10.2. The Morgan fingerprint density at radius 2 is 1.83 bits per heavy atom. The summed E-state index contributed by atoms with van der Waals surface area (Å²) in [5.74, 6) is -2.23. The predicted octanol–water partition coefficient (Wildman–Crippen LogP) is 1.56. The third kappa shape index (κ3) is 4.35. The van der Waals surface area contributed by atoms with Crippen LogP contribution in [-0.4, -0.2) is 55.1 Å². The summed E-state index contributed by atoms with van der Waals surface area (Å²) in [4.78, 5) is 24.0. The van der Waals surface area contributed by atoms with Gasteiger partial charge in [-0.25, -0.2) is 8.78 Å². The number of non-ortho nitro benzene ring substituents is 1. The standard InChI is InChI=1S/C14H17F2N3O4/c1-10(20)23-7-6-17-2-4-18(5-3-17)14-12(15)8-11(19(21)22)9-13(14)16/h8-9H,2-7H2,1H3. The summed E-state index contributed by atoms with van der Waals surface area (Å²) in [6.07, 6.45) is 0. The average molecular weight is 329 g/mol. The number of halogens is 2. The highest BCUT2D eigenvalue weighted by Gasteiger charge is 2.25. The maximum absolute atomic E-state index is 14.0. The zero-order chi connectivity index (χ0) is 17.0. The molecular weight excluding hydrogens is 312 g/mol. The number of benzene rings is 1. The fourth-order valence-electron chi connectivity index (χ4n) is 2.47. The normalized spacial score (nSPS) is 15.5. The van der Waals surface area contributed by atoms with E-state index in [1.807, 2.05) is 4.90 Å². The number of ether oxygens (including phenoxy) is 1.